The largest absolute Gasteiger partial charge is 0.326 e. The van der Waals surface area contributed by atoms with Crippen LogP contribution in [0, 0.1) is 0 Å². The topological polar surface area (TPSA) is 44.4 Å². The molecule has 1 saturated heterocycles. The first-order valence-electron chi connectivity index (χ1n) is 6.27. The lowest BCUT2D eigenvalue weighted by molar-refractivity contribution is 0.218. The summed E-state index contributed by atoms with van der Waals surface area (Å²) in [4.78, 5) is 13.7. The van der Waals surface area contributed by atoms with Crippen LogP contribution in [0.4, 0.5) is 10.5 Å². The van der Waals surface area contributed by atoms with Gasteiger partial charge in [-0.3, -0.25) is 0 Å². The van der Waals surface area contributed by atoms with Crippen molar-refractivity contribution in [2.45, 2.75) is 18.9 Å². The summed E-state index contributed by atoms with van der Waals surface area (Å²) in [5.74, 6) is 0. The maximum Gasteiger partial charge on any atom is 0.321 e. The fraction of sp³-hybridized carbons (Fsp3) is 0.462. The van der Waals surface area contributed by atoms with E-state index >= 15 is 0 Å². The maximum absolute atomic E-state index is 12.0. The Morgan fingerprint density at radius 3 is 3.00 bits per heavy atom. The monoisotopic (exact) mass is 301 g/mol. The SMILES string of the molecule is CN(CC1CCCN1)C(=O)Nc1cc(Cl)ccc1Cl. The second kappa shape index (κ2) is 6.46. The molecular weight excluding hydrogens is 285 g/mol. The minimum absolute atomic E-state index is 0.183. The third kappa shape index (κ3) is 4.00. The smallest absolute Gasteiger partial charge is 0.321 e. The Morgan fingerprint density at radius 1 is 1.53 bits per heavy atom. The third-order valence-electron chi connectivity index (χ3n) is 3.17. The molecule has 1 aliphatic heterocycles. The quantitative estimate of drug-likeness (QED) is 0.900. The zero-order valence-electron chi connectivity index (χ0n) is 10.7. The predicted octanol–water partition coefficient (Wildman–Crippen LogP) is 3.21. The number of carbonyl (C=O) groups is 1. The second-order valence-corrected chi connectivity index (χ2v) is 5.57. The van der Waals surface area contributed by atoms with Crippen LogP contribution in [-0.4, -0.2) is 37.1 Å². The number of halogens is 2. The summed E-state index contributed by atoms with van der Waals surface area (Å²) >= 11 is 11.9. The van der Waals surface area contributed by atoms with Crippen LogP contribution < -0.4 is 10.6 Å². The molecule has 0 aromatic heterocycles. The van der Waals surface area contributed by atoms with Crippen molar-refractivity contribution in [2.24, 2.45) is 0 Å². The Morgan fingerprint density at radius 2 is 2.32 bits per heavy atom. The Bertz CT molecular complexity index is 461. The van der Waals surface area contributed by atoms with Crippen LogP contribution >= 0.6 is 23.2 Å². The molecule has 0 saturated carbocycles. The van der Waals surface area contributed by atoms with Gasteiger partial charge >= 0.3 is 6.03 Å². The Balaban J connectivity index is 1.93. The molecule has 2 amide bonds. The molecule has 2 N–H and O–H groups in total. The van der Waals surface area contributed by atoms with Crippen molar-refractivity contribution in [1.82, 2.24) is 10.2 Å². The standard InChI is InChI=1S/C13H17Cl2N3O/c1-18(8-10-3-2-6-16-10)13(19)17-12-7-9(14)4-5-11(12)15/h4-5,7,10,16H,2-3,6,8H2,1H3,(H,17,19). The van der Waals surface area contributed by atoms with Gasteiger partial charge in [-0.25, -0.2) is 4.79 Å². The number of hydrogen-bond acceptors (Lipinski definition) is 2. The highest BCUT2D eigenvalue weighted by Gasteiger charge is 2.19. The zero-order chi connectivity index (χ0) is 13.8. The van der Waals surface area contributed by atoms with Crippen molar-refractivity contribution in [3.63, 3.8) is 0 Å². The number of hydrogen-bond donors (Lipinski definition) is 2. The summed E-state index contributed by atoms with van der Waals surface area (Å²) in [7, 11) is 1.77. The van der Waals surface area contributed by atoms with Crippen LogP contribution in [0.25, 0.3) is 0 Å². The molecule has 2 rings (SSSR count). The number of urea groups is 1. The van der Waals surface area contributed by atoms with E-state index < -0.39 is 0 Å². The number of carbonyl (C=O) groups excluding carboxylic acids is 1. The Labute approximate surface area is 123 Å². The number of rotatable bonds is 3. The molecule has 4 nitrogen and oxygen atoms in total. The van der Waals surface area contributed by atoms with Gasteiger partial charge in [-0.15, -0.1) is 0 Å². The Kier molecular flexibility index (Phi) is 4.91. The number of nitrogens with zero attached hydrogens (tertiary/aromatic N) is 1. The minimum atomic E-state index is -0.183. The van der Waals surface area contributed by atoms with Gasteiger partial charge < -0.3 is 15.5 Å². The van der Waals surface area contributed by atoms with E-state index in [1.165, 1.54) is 6.42 Å². The highest BCUT2D eigenvalue weighted by Crippen LogP contribution is 2.25. The van der Waals surface area contributed by atoms with Crippen molar-refractivity contribution >= 4 is 34.9 Å². The summed E-state index contributed by atoms with van der Waals surface area (Å²) in [5, 5.41) is 7.14. The fourth-order valence-corrected chi connectivity index (χ4v) is 2.47. The van der Waals surface area contributed by atoms with E-state index in [0.29, 0.717) is 28.3 Å². The van der Waals surface area contributed by atoms with Crippen LogP contribution in [0.3, 0.4) is 0 Å². The number of likely N-dealkylation sites (N-methyl/N-ethyl adjacent to an activating group) is 1. The van der Waals surface area contributed by atoms with Crippen molar-refractivity contribution in [1.29, 1.82) is 0 Å². The van der Waals surface area contributed by atoms with Gasteiger partial charge in [0.05, 0.1) is 10.7 Å². The van der Waals surface area contributed by atoms with Crippen LogP contribution in [0.1, 0.15) is 12.8 Å². The van der Waals surface area contributed by atoms with Gasteiger partial charge in [0.2, 0.25) is 0 Å². The van der Waals surface area contributed by atoms with E-state index in [1.54, 1.807) is 30.1 Å². The molecule has 0 aliphatic carbocycles. The van der Waals surface area contributed by atoms with Gasteiger partial charge in [0.15, 0.2) is 0 Å². The van der Waals surface area contributed by atoms with E-state index in [1.807, 2.05) is 0 Å². The van der Waals surface area contributed by atoms with E-state index in [2.05, 4.69) is 10.6 Å². The molecular formula is C13H17Cl2N3O. The Hall–Kier alpha value is -0.970. The van der Waals surface area contributed by atoms with Crippen molar-refractivity contribution in [3.8, 4) is 0 Å². The molecule has 1 aliphatic rings. The first-order chi connectivity index (χ1) is 9.06. The van der Waals surface area contributed by atoms with Gasteiger partial charge in [-0.2, -0.15) is 0 Å². The van der Waals surface area contributed by atoms with Gasteiger partial charge in [-0.1, -0.05) is 23.2 Å². The van der Waals surface area contributed by atoms with Crippen LogP contribution in [0.2, 0.25) is 10.0 Å². The molecule has 6 heteroatoms. The molecule has 1 atom stereocenters. The fourth-order valence-electron chi connectivity index (χ4n) is 2.13. The molecule has 104 valence electrons. The molecule has 0 bridgehead atoms. The molecule has 19 heavy (non-hydrogen) atoms. The number of nitrogens with one attached hydrogen (secondary N) is 2. The van der Waals surface area contributed by atoms with Crippen molar-refractivity contribution < 1.29 is 4.79 Å². The maximum atomic E-state index is 12.0. The van der Waals surface area contributed by atoms with E-state index in [-0.39, 0.29) is 6.03 Å². The van der Waals surface area contributed by atoms with E-state index in [0.717, 1.165) is 13.0 Å². The minimum Gasteiger partial charge on any atom is -0.326 e. The number of benzene rings is 1. The lowest BCUT2D eigenvalue weighted by Crippen LogP contribution is -2.40. The summed E-state index contributed by atoms with van der Waals surface area (Å²) in [5.41, 5.74) is 0.533. The summed E-state index contributed by atoms with van der Waals surface area (Å²) < 4.78 is 0. The van der Waals surface area contributed by atoms with Crippen molar-refractivity contribution in [2.75, 3.05) is 25.5 Å². The van der Waals surface area contributed by atoms with E-state index in [9.17, 15) is 4.79 Å². The van der Waals surface area contributed by atoms with Gasteiger partial charge in [0, 0.05) is 24.7 Å². The summed E-state index contributed by atoms with van der Waals surface area (Å²) in [6.07, 6.45) is 2.27. The average molecular weight is 302 g/mol. The number of anilines is 1. The van der Waals surface area contributed by atoms with Crippen LogP contribution in [0.5, 0.6) is 0 Å². The summed E-state index contributed by atoms with van der Waals surface area (Å²) in [6.45, 7) is 1.71. The zero-order valence-corrected chi connectivity index (χ0v) is 12.3. The van der Waals surface area contributed by atoms with Gasteiger partial charge in [-0.05, 0) is 37.6 Å². The molecule has 0 spiro atoms. The van der Waals surface area contributed by atoms with Crippen molar-refractivity contribution in [3.05, 3.63) is 28.2 Å². The molecule has 0 radical (unpaired) electrons. The average Bonchev–Trinajstić information content (AvgIpc) is 2.86. The first kappa shape index (κ1) is 14.4. The molecule has 1 unspecified atom stereocenters. The normalized spacial score (nSPS) is 18.4. The van der Waals surface area contributed by atoms with Crippen LogP contribution in [0.15, 0.2) is 18.2 Å². The highest BCUT2D eigenvalue weighted by molar-refractivity contribution is 6.35. The molecule has 1 heterocycles. The number of amides is 2. The lowest BCUT2D eigenvalue weighted by atomic mass is 10.2. The first-order valence-corrected chi connectivity index (χ1v) is 7.02. The third-order valence-corrected chi connectivity index (χ3v) is 3.74. The van der Waals surface area contributed by atoms with Gasteiger partial charge in [0.25, 0.3) is 0 Å². The second-order valence-electron chi connectivity index (χ2n) is 4.73. The molecule has 1 aromatic rings. The summed E-state index contributed by atoms with van der Waals surface area (Å²) in [6, 6.07) is 5.19. The molecule has 1 fully saturated rings. The van der Waals surface area contributed by atoms with Crippen LogP contribution in [-0.2, 0) is 0 Å². The lowest BCUT2D eigenvalue weighted by Gasteiger charge is -2.22. The van der Waals surface area contributed by atoms with E-state index in [4.69, 9.17) is 23.2 Å². The van der Waals surface area contributed by atoms with Gasteiger partial charge in [0.1, 0.15) is 0 Å². The molecule has 1 aromatic carbocycles. The highest BCUT2D eigenvalue weighted by atomic mass is 35.5. The predicted molar refractivity (Wildman–Crippen MR) is 79.1 cm³/mol.